The average Bonchev–Trinajstić information content (AvgIpc) is 3.07. The molecule has 0 fully saturated rings. The van der Waals surface area contributed by atoms with Crippen LogP contribution < -0.4 is 10.1 Å². The van der Waals surface area contributed by atoms with Gasteiger partial charge >= 0.3 is 6.01 Å². The summed E-state index contributed by atoms with van der Waals surface area (Å²) in [5, 5.41) is 4.33. The van der Waals surface area contributed by atoms with Crippen LogP contribution in [-0.4, -0.2) is 23.1 Å². The van der Waals surface area contributed by atoms with Crippen molar-refractivity contribution in [2.24, 2.45) is 0 Å². The molecule has 0 aliphatic rings. The van der Waals surface area contributed by atoms with Gasteiger partial charge in [-0.2, -0.15) is 4.98 Å². The van der Waals surface area contributed by atoms with Crippen LogP contribution in [0, 0.1) is 6.92 Å². The van der Waals surface area contributed by atoms with Crippen molar-refractivity contribution in [3.8, 4) is 11.8 Å². The Morgan fingerprint density at radius 3 is 2.50 bits per heavy atom. The lowest BCUT2D eigenvalue weighted by molar-refractivity contribution is 0.386. The molecule has 3 rings (SSSR count). The SMILES string of the molecule is CCC(CC)c1ccc(Br)c2nc(Oc3c(C)cc(Cl)cc3Cl)n(C(C)CNC)c12. The van der Waals surface area contributed by atoms with E-state index < -0.39 is 0 Å². The zero-order valence-electron chi connectivity index (χ0n) is 18.0. The van der Waals surface area contributed by atoms with Crippen LogP contribution >= 0.6 is 39.1 Å². The van der Waals surface area contributed by atoms with E-state index in [0.717, 1.165) is 40.5 Å². The maximum atomic E-state index is 6.47. The van der Waals surface area contributed by atoms with Gasteiger partial charge in [-0.1, -0.05) is 43.1 Å². The number of halogens is 3. The van der Waals surface area contributed by atoms with Crippen LogP contribution in [0.3, 0.4) is 0 Å². The first kappa shape index (κ1) is 23.4. The lowest BCUT2D eigenvalue weighted by atomic mass is 9.92. The van der Waals surface area contributed by atoms with Crippen molar-refractivity contribution >= 4 is 50.2 Å². The maximum absolute atomic E-state index is 6.47. The number of imidazole rings is 1. The second-order valence-corrected chi connectivity index (χ2v) is 9.35. The number of hydrogen-bond donors (Lipinski definition) is 1. The summed E-state index contributed by atoms with van der Waals surface area (Å²) in [4.78, 5) is 4.90. The third-order valence-corrected chi connectivity index (χ3v) is 6.68. The van der Waals surface area contributed by atoms with Crippen LogP contribution in [0.15, 0.2) is 28.7 Å². The van der Waals surface area contributed by atoms with Crippen molar-refractivity contribution in [2.45, 2.75) is 52.5 Å². The lowest BCUT2D eigenvalue weighted by Crippen LogP contribution is -2.21. The standard InChI is InChI=1S/C23H28BrCl2N3O/c1-6-15(7-2)17-8-9-18(24)20-21(17)29(14(4)12-27-5)23(28-20)30-22-13(3)10-16(25)11-19(22)26/h8-11,14-15,27H,6-7,12H2,1-5H3. The first-order valence-electron chi connectivity index (χ1n) is 10.3. The largest absolute Gasteiger partial charge is 0.424 e. The van der Waals surface area contributed by atoms with E-state index in [9.17, 15) is 0 Å². The topological polar surface area (TPSA) is 39.1 Å². The molecule has 1 N–H and O–H groups in total. The van der Waals surface area contributed by atoms with E-state index in [0.29, 0.717) is 27.7 Å². The van der Waals surface area contributed by atoms with E-state index in [2.05, 4.69) is 58.7 Å². The Bertz CT molecular complexity index is 1020. The molecule has 162 valence electrons. The minimum Gasteiger partial charge on any atom is -0.424 e. The molecule has 0 bridgehead atoms. The summed E-state index contributed by atoms with van der Waals surface area (Å²) in [6, 6.07) is 8.49. The van der Waals surface area contributed by atoms with Gasteiger partial charge in [-0.3, -0.25) is 4.57 Å². The Morgan fingerprint density at radius 2 is 1.90 bits per heavy atom. The van der Waals surface area contributed by atoms with Crippen LogP contribution in [0.5, 0.6) is 11.8 Å². The van der Waals surface area contributed by atoms with Gasteiger partial charge < -0.3 is 10.1 Å². The molecule has 1 aromatic heterocycles. The lowest BCUT2D eigenvalue weighted by Gasteiger charge is -2.21. The number of likely N-dealkylation sites (N-methyl/N-ethyl adjacent to an activating group) is 1. The third-order valence-electron chi connectivity index (χ3n) is 5.54. The first-order chi connectivity index (χ1) is 14.3. The van der Waals surface area contributed by atoms with Gasteiger partial charge in [-0.25, -0.2) is 0 Å². The molecular weight excluding hydrogens is 485 g/mol. The number of hydrogen-bond acceptors (Lipinski definition) is 3. The van der Waals surface area contributed by atoms with Gasteiger partial charge in [0.25, 0.3) is 0 Å². The molecule has 3 aromatic rings. The molecule has 1 atom stereocenters. The van der Waals surface area contributed by atoms with E-state index in [4.69, 9.17) is 32.9 Å². The summed E-state index contributed by atoms with van der Waals surface area (Å²) < 4.78 is 9.49. The summed E-state index contributed by atoms with van der Waals surface area (Å²) >= 11 is 16.3. The molecule has 30 heavy (non-hydrogen) atoms. The molecule has 7 heteroatoms. The highest BCUT2D eigenvalue weighted by Crippen LogP contribution is 2.41. The second kappa shape index (κ2) is 9.90. The molecule has 0 amide bonds. The fourth-order valence-corrected chi connectivity index (χ4v) is 5.05. The van der Waals surface area contributed by atoms with Crippen LogP contribution in [0.1, 0.15) is 56.7 Å². The van der Waals surface area contributed by atoms with E-state index in [1.54, 1.807) is 6.07 Å². The Morgan fingerprint density at radius 1 is 1.20 bits per heavy atom. The predicted octanol–water partition coefficient (Wildman–Crippen LogP) is 7.89. The van der Waals surface area contributed by atoms with Crippen molar-refractivity contribution < 1.29 is 4.74 Å². The number of aryl methyl sites for hydroxylation is 1. The smallest absolute Gasteiger partial charge is 0.303 e. The number of fused-ring (bicyclic) bond motifs is 1. The van der Waals surface area contributed by atoms with Gasteiger partial charge in [0.15, 0.2) is 5.75 Å². The summed E-state index contributed by atoms with van der Waals surface area (Å²) in [5.41, 5.74) is 4.17. The van der Waals surface area contributed by atoms with Gasteiger partial charge in [0.1, 0.15) is 5.52 Å². The molecule has 0 aliphatic carbocycles. The van der Waals surface area contributed by atoms with Crippen LogP contribution in [0.4, 0.5) is 0 Å². The van der Waals surface area contributed by atoms with Crippen molar-refractivity contribution in [3.63, 3.8) is 0 Å². The predicted molar refractivity (Wildman–Crippen MR) is 131 cm³/mol. The molecule has 4 nitrogen and oxygen atoms in total. The van der Waals surface area contributed by atoms with Crippen molar-refractivity contribution in [1.82, 2.24) is 14.9 Å². The molecule has 1 unspecified atom stereocenters. The first-order valence-corrected chi connectivity index (χ1v) is 11.9. The number of aromatic nitrogens is 2. The zero-order valence-corrected chi connectivity index (χ0v) is 21.1. The Hall–Kier alpha value is -1.27. The van der Waals surface area contributed by atoms with Crippen molar-refractivity contribution in [1.29, 1.82) is 0 Å². The number of benzene rings is 2. The number of nitrogens with one attached hydrogen (secondary N) is 1. The summed E-state index contributed by atoms with van der Waals surface area (Å²) in [6.45, 7) is 9.34. The summed E-state index contributed by atoms with van der Waals surface area (Å²) in [6.07, 6.45) is 2.13. The fourth-order valence-electron chi connectivity index (χ4n) is 4.01. The van der Waals surface area contributed by atoms with Gasteiger partial charge in [-0.15, -0.1) is 0 Å². The number of nitrogens with zero attached hydrogens (tertiary/aromatic N) is 2. The Labute approximate surface area is 197 Å². The number of rotatable bonds is 8. The van der Waals surface area contributed by atoms with E-state index in [1.807, 2.05) is 20.0 Å². The average molecular weight is 513 g/mol. The van der Waals surface area contributed by atoms with E-state index in [-0.39, 0.29) is 6.04 Å². The second-order valence-electron chi connectivity index (χ2n) is 7.65. The van der Waals surface area contributed by atoms with Crippen molar-refractivity contribution in [2.75, 3.05) is 13.6 Å². The number of ether oxygens (including phenoxy) is 1. The normalized spacial score (nSPS) is 12.7. The molecule has 1 heterocycles. The van der Waals surface area contributed by atoms with Gasteiger partial charge in [0, 0.05) is 22.1 Å². The van der Waals surface area contributed by atoms with Gasteiger partial charge in [-0.05, 0) is 84.9 Å². The van der Waals surface area contributed by atoms with Crippen LogP contribution in [0.25, 0.3) is 11.0 Å². The van der Waals surface area contributed by atoms with Gasteiger partial charge in [0.2, 0.25) is 0 Å². The van der Waals surface area contributed by atoms with Crippen molar-refractivity contribution in [3.05, 3.63) is 49.9 Å². The van der Waals surface area contributed by atoms with Crippen LogP contribution in [0.2, 0.25) is 10.0 Å². The molecule has 0 saturated carbocycles. The molecule has 2 aromatic carbocycles. The molecule has 0 spiro atoms. The van der Waals surface area contributed by atoms with E-state index in [1.165, 1.54) is 5.56 Å². The zero-order chi connectivity index (χ0) is 22.0. The monoisotopic (exact) mass is 511 g/mol. The summed E-state index contributed by atoms with van der Waals surface area (Å²) in [7, 11) is 1.95. The highest BCUT2D eigenvalue weighted by molar-refractivity contribution is 9.10. The van der Waals surface area contributed by atoms with Gasteiger partial charge in [0.05, 0.1) is 10.5 Å². The Balaban J connectivity index is 2.28. The minimum absolute atomic E-state index is 0.129. The molecular formula is C23H28BrCl2N3O. The molecule has 0 saturated heterocycles. The van der Waals surface area contributed by atoms with Crippen LogP contribution in [-0.2, 0) is 0 Å². The highest BCUT2D eigenvalue weighted by Gasteiger charge is 2.25. The Kier molecular flexibility index (Phi) is 7.72. The summed E-state index contributed by atoms with van der Waals surface area (Å²) in [5.74, 6) is 1.03. The highest BCUT2D eigenvalue weighted by atomic mass is 79.9. The third kappa shape index (κ3) is 4.50. The minimum atomic E-state index is 0.129. The maximum Gasteiger partial charge on any atom is 0.303 e. The molecule has 0 radical (unpaired) electrons. The van der Waals surface area contributed by atoms with E-state index >= 15 is 0 Å². The molecule has 0 aliphatic heterocycles. The fraction of sp³-hybridized carbons (Fsp3) is 0.435. The quantitative estimate of drug-likeness (QED) is 0.333.